The number of aliphatic carboxylic acids is 1. The van der Waals surface area contributed by atoms with E-state index in [1.807, 2.05) is 0 Å². The van der Waals surface area contributed by atoms with E-state index < -0.39 is 11.9 Å². The number of carbonyl (C=O) groups is 2. The number of nitrogens with zero attached hydrogens (tertiary/aromatic N) is 1. The molecule has 0 saturated heterocycles. The molecule has 0 bridgehead atoms. The number of hydrogen-bond donors (Lipinski definition) is 2. The zero-order valence-corrected chi connectivity index (χ0v) is 9.17. The summed E-state index contributed by atoms with van der Waals surface area (Å²) in [5, 5.41) is 10.8. The molecule has 0 spiro atoms. The van der Waals surface area contributed by atoms with Crippen molar-refractivity contribution in [1.29, 1.82) is 0 Å². The van der Waals surface area contributed by atoms with Crippen molar-refractivity contribution in [3.05, 3.63) is 17.0 Å². The number of Topliss-reactive ketones (excluding diaryl/α,β-unsaturated/α-hetero) is 1. The van der Waals surface area contributed by atoms with Gasteiger partial charge in [0.25, 0.3) is 0 Å². The highest BCUT2D eigenvalue weighted by atomic mass is 32.1. The molecule has 5 nitrogen and oxygen atoms in total. The molecule has 0 aliphatic carbocycles. The number of hydrogen-bond acceptors (Lipinski definition) is 5. The third-order valence-electron chi connectivity index (χ3n) is 2.01. The summed E-state index contributed by atoms with van der Waals surface area (Å²) >= 11 is 1.19. The summed E-state index contributed by atoms with van der Waals surface area (Å²) in [6.07, 6.45) is 0. The second-order valence-electron chi connectivity index (χ2n) is 3.14. The van der Waals surface area contributed by atoms with E-state index in [2.05, 4.69) is 4.98 Å². The molecule has 0 amide bonds. The van der Waals surface area contributed by atoms with Gasteiger partial charge in [-0.1, -0.05) is 0 Å². The number of carbonyl (C=O) groups excluding carboxylic acids is 1. The Morgan fingerprint density at radius 2 is 2.13 bits per heavy atom. The number of aromatic nitrogens is 1. The van der Waals surface area contributed by atoms with Crippen molar-refractivity contribution in [2.24, 2.45) is 0 Å². The summed E-state index contributed by atoms with van der Waals surface area (Å²) in [6, 6.07) is 0. The molecule has 81 valence electrons. The zero-order chi connectivity index (χ0) is 11.6. The van der Waals surface area contributed by atoms with Crippen LogP contribution in [0.4, 0.5) is 5.13 Å². The average molecular weight is 227 g/mol. The van der Waals surface area contributed by atoms with Crippen molar-refractivity contribution in [3.63, 3.8) is 0 Å². The van der Waals surface area contributed by atoms with Crippen LogP contribution in [0, 0.1) is 5.92 Å². The third kappa shape index (κ3) is 2.53. The number of rotatable bonds is 4. The number of carboxylic acids is 1. The Hall–Kier alpha value is -1.43. The monoisotopic (exact) mass is 227 g/mol. The Morgan fingerprint density at radius 1 is 1.53 bits per heavy atom. The number of nitrogen functional groups attached to an aromatic ring is 1. The molecule has 0 aliphatic heterocycles. The van der Waals surface area contributed by atoms with E-state index in [1.165, 1.54) is 25.2 Å². The first-order chi connectivity index (χ1) is 6.93. The molecular weight excluding hydrogens is 216 g/mol. The molecular formula is C9H11N2O3S. The van der Waals surface area contributed by atoms with Crippen molar-refractivity contribution < 1.29 is 14.7 Å². The van der Waals surface area contributed by atoms with E-state index in [9.17, 15) is 9.59 Å². The molecule has 1 heterocycles. The normalized spacial score (nSPS) is 12.7. The lowest BCUT2D eigenvalue weighted by atomic mass is 9.88. The predicted octanol–water partition coefficient (Wildman–Crippen LogP) is 1.08. The number of thiazole rings is 1. The van der Waals surface area contributed by atoms with Crippen LogP contribution in [-0.2, 0) is 9.59 Å². The molecule has 1 rings (SSSR count). The summed E-state index contributed by atoms with van der Waals surface area (Å²) in [7, 11) is 0. The van der Waals surface area contributed by atoms with Crippen molar-refractivity contribution in [1.82, 2.24) is 4.98 Å². The Balaban J connectivity index is 3.03. The maximum absolute atomic E-state index is 11.3. The molecule has 0 fully saturated rings. The fourth-order valence-electron chi connectivity index (χ4n) is 1.29. The maximum Gasteiger partial charge on any atom is 0.311 e. The maximum atomic E-state index is 11.3. The molecule has 1 radical (unpaired) electrons. The van der Waals surface area contributed by atoms with Crippen molar-refractivity contribution >= 4 is 28.2 Å². The van der Waals surface area contributed by atoms with Crippen LogP contribution in [0.3, 0.4) is 0 Å². The molecule has 6 heteroatoms. The quantitative estimate of drug-likeness (QED) is 0.802. The van der Waals surface area contributed by atoms with Crippen LogP contribution in [0.2, 0.25) is 0 Å². The van der Waals surface area contributed by atoms with Gasteiger partial charge >= 0.3 is 5.97 Å². The van der Waals surface area contributed by atoms with Crippen LogP contribution >= 0.6 is 11.3 Å². The van der Waals surface area contributed by atoms with Gasteiger partial charge in [-0.05, 0) is 13.8 Å². The number of carboxylic acid groups (broad SMARTS) is 1. The molecule has 1 aromatic heterocycles. The predicted molar refractivity (Wildman–Crippen MR) is 56.5 cm³/mol. The van der Waals surface area contributed by atoms with E-state index >= 15 is 0 Å². The molecule has 1 atom stereocenters. The molecule has 1 aromatic rings. The second-order valence-corrected chi connectivity index (χ2v) is 4.03. The van der Waals surface area contributed by atoms with Gasteiger partial charge in [0.1, 0.15) is 5.78 Å². The largest absolute Gasteiger partial charge is 0.481 e. The molecule has 0 aromatic carbocycles. The van der Waals surface area contributed by atoms with Crippen LogP contribution in [0.25, 0.3) is 0 Å². The average Bonchev–Trinajstić information content (AvgIpc) is 2.51. The van der Waals surface area contributed by atoms with Gasteiger partial charge in [-0.15, -0.1) is 11.3 Å². The van der Waals surface area contributed by atoms with E-state index in [1.54, 1.807) is 5.38 Å². The SMILES string of the molecule is C[C](C(=O)O)C(C(C)=O)c1csc(N)n1. The highest BCUT2D eigenvalue weighted by Gasteiger charge is 2.31. The summed E-state index contributed by atoms with van der Waals surface area (Å²) in [5.41, 5.74) is 5.84. The standard InChI is InChI=1S/C9H11N2O3S/c1-4(8(13)14)7(5(2)12)6-3-15-9(10)11-6/h3,7H,1-2H3,(H2,10,11)(H,13,14). The van der Waals surface area contributed by atoms with Crippen molar-refractivity contribution in [2.45, 2.75) is 19.8 Å². The second kappa shape index (κ2) is 4.39. The van der Waals surface area contributed by atoms with Gasteiger partial charge < -0.3 is 10.8 Å². The van der Waals surface area contributed by atoms with E-state index in [0.717, 1.165) is 0 Å². The number of anilines is 1. The molecule has 0 saturated carbocycles. The van der Waals surface area contributed by atoms with Crippen LogP contribution in [0.15, 0.2) is 5.38 Å². The number of nitrogens with two attached hydrogens (primary N) is 1. The van der Waals surface area contributed by atoms with Crippen molar-refractivity contribution in [2.75, 3.05) is 5.73 Å². The topological polar surface area (TPSA) is 93.3 Å². The van der Waals surface area contributed by atoms with Gasteiger partial charge in [0.15, 0.2) is 5.13 Å². The first-order valence-electron chi connectivity index (χ1n) is 4.21. The summed E-state index contributed by atoms with van der Waals surface area (Å²) in [6.45, 7) is 2.75. The first-order valence-corrected chi connectivity index (χ1v) is 5.09. The van der Waals surface area contributed by atoms with Gasteiger partial charge in [0.2, 0.25) is 0 Å². The lowest BCUT2D eigenvalue weighted by Gasteiger charge is -2.14. The Bertz CT molecular complexity index is 388. The first kappa shape index (κ1) is 11.6. The van der Waals surface area contributed by atoms with Crippen LogP contribution in [0.5, 0.6) is 0 Å². The third-order valence-corrected chi connectivity index (χ3v) is 2.70. The molecule has 0 aliphatic rings. The zero-order valence-electron chi connectivity index (χ0n) is 8.35. The highest BCUT2D eigenvalue weighted by Crippen LogP contribution is 2.29. The lowest BCUT2D eigenvalue weighted by molar-refractivity contribution is -0.136. The molecule has 3 N–H and O–H groups in total. The van der Waals surface area contributed by atoms with Gasteiger partial charge in [0.05, 0.1) is 17.5 Å². The Morgan fingerprint density at radius 3 is 2.47 bits per heavy atom. The van der Waals surface area contributed by atoms with Crippen LogP contribution in [-0.4, -0.2) is 21.8 Å². The van der Waals surface area contributed by atoms with Gasteiger partial charge in [-0.2, -0.15) is 0 Å². The van der Waals surface area contributed by atoms with E-state index in [-0.39, 0.29) is 11.7 Å². The van der Waals surface area contributed by atoms with E-state index in [0.29, 0.717) is 10.8 Å². The Labute approximate surface area is 90.9 Å². The number of ketones is 1. The molecule has 15 heavy (non-hydrogen) atoms. The molecule has 1 unspecified atom stereocenters. The minimum absolute atomic E-state index is 0.0628. The van der Waals surface area contributed by atoms with Crippen LogP contribution in [0.1, 0.15) is 25.5 Å². The highest BCUT2D eigenvalue weighted by molar-refractivity contribution is 7.13. The fourth-order valence-corrected chi connectivity index (χ4v) is 1.88. The fraction of sp³-hybridized carbons (Fsp3) is 0.333. The van der Waals surface area contributed by atoms with Gasteiger partial charge in [-0.3, -0.25) is 9.59 Å². The summed E-state index contributed by atoms with van der Waals surface area (Å²) < 4.78 is 0. The smallest absolute Gasteiger partial charge is 0.311 e. The minimum atomic E-state index is -1.10. The van der Waals surface area contributed by atoms with Crippen molar-refractivity contribution in [3.8, 4) is 0 Å². The lowest BCUT2D eigenvalue weighted by Crippen LogP contribution is -2.22. The Kier molecular flexibility index (Phi) is 3.41. The minimum Gasteiger partial charge on any atom is -0.481 e. The van der Waals surface area contributed by atoms with Gasteiger partial charge in [-0.25, -0.2) is 4.98 Å². The summed E-state index contributed by atoms with van der Waals surface area (Å²) in [4.78, 5) is 26.0. The van der Waals surface area contributed by atoms with Gasteiger partial charge in [0, 0.05) is 5.38 Å². The van der Waals surface area contributed by atoms with E-state index in [4.69, 9.17) is 10.8 Å². The van der Waals surface area contributed by atoms with Crippen LogP contribution < -0.4 is 5.73 Å². The summed E-state index contributed by atoms with van der Waals surface area (Å²) in [5.74, 6) is -2.08.